The average Bonchev–Trinajstić information content (AvgIpc) is 2.41. The fourth-order valence-electron chi connectivity index (χ4n) is 2.32. The van der Waals surface area contributed by atoms with Crippen molar-refractivity contribution in [2.24, 2.45) is 0 Å². The van der Waals surface area contributed by atoms with Crippen molar-refractivity contribution in [2.75, 3.05) is 6.61 Å². The molecule has 2 unspecified atom stereocenters. The summed E-state index contributed by atoms with van der Waals surface area (Å²) in [5, 5.41) is 11.2. The largest absolute Gasteiger partial charge is 0.396 e. The molecule has 0 saturated heterocycles. The van der Waals surface area contributed by atoms with Crippen molar-refractivity contribution < 1.29 is 9.32 Å². The van der Waals surface area contributed by atoms with E-state index in [0.29, 0.717) is 6.42 Å². The second kappa shape index (κ2) is 4.67. The van der Waals surface area contributed by atoms with E-state index >= 15 is 0 Å². The molecule has 0 radical (unpaired) electrons. The van der Waals surface area contributed by atoms with Gasteiger partial charge in [0.05, 0.1) is 16.0 Å². The van der Waals surface area contributed by atoms with Crippen molar-refractivity contribution in [3.8, 4) is 0 Å². The Kier molecular flexibility index (Phi) is 3.02. The predicted octanol–water partition coefficient (Wildman–Crippen LogP) is 2.73. The summed E-state index contributed by atoms with van der Waals surface area (Å²) in [5.41, 5.74) is 1.03. The Balaban J connectivity index is 2.14. The topological polar surface area (TPSA) is 37.3 Å². The van der Waals surface area contributed by atoms with Crippen molar-refractivity contribution in [3.05, 3.63) is 48.0 Å². The monoisotopic (exact) mass is 258 g/mol. The fraction of sp³-hybridized carbons (Fsp3) is 0.200. The zero-order valence-electron chi connectivity index (χ0n) is 9.87. The fourth-order valence-corrected chi connectivity index (χ4v) is 3.79. The van der Waals surface area contributed by atoms with Crippen LogP contribution in [0.25, 0.3) is 16.8 Å². The molecule has 1 heterocycles. The van der Waals surface area contributed by atoms with Gasteiger partial charge in [0.25, 0.3) is 0 Å². The molecule has 3 rings (SSSR count). The molecule has 2 atom stereocenters. The number of hydrogen-bond donors (Lipinski definition) is 1. The third-order valence-electron chi connectivity index (χ3n) is 3.27. The molecule has 2 nitrogen and oxygen atoms in total. The Morgan fingerprint density at radius 1 is 1.17 bits per heavy atom. The standard InChI is InChI=1S/C15H14O2S/c16-8-7-14-6-5-13-9-11-3-1-2-4-12(11)10-15(13)18(14)17/h1-6,9-10,14,16H,7-8H2. The van der Waals surface area contributed by atoms with E-state index in [1.54, 1.807) is 0 Å². The molecule has 1 aliphatic rings. The Labute approximate surface area is 108 Å². The summed E-state index contributed by atoms with van der Waals surface area (Å²) >= 11 is 0. The average molecular weight is 258 g/mol. The zero-order chi connectivity index (χ0) is 12.5. The third kappa shape index (κ3) is 1.89. The maximum Gasteiger partial charge on any atom is 0.0606 e. The van der Waals surface area contributed by atoms with Gasteiger partial charge < -0.3 is 5.11 Å². The highest BCUT2D eigenvalue weighted by Gasteiger charge is 2.21. The molecule has 2 aromatic carbocycles. The lowest BCUT2D eigenvalue weighted by Crippen LogP contribution is -2.18. The molecule has 18 heavy (non-hydrogen) atoms. The van der Waals surface area contributed by atoms with Gasteiger partial charge in [-0.15, -0.1) is 0 Å². The van der Waals surface area contributed by atoms with E-state index in [-0.39, 0.29) is 11.9 Å². The molecular formula is C15H14O2S. The van der Waals surface area contributed by atoms with Crippen LogP contribution < -0.4 is 0 Å². The molecule has 0 aliphatic carbocycles. The summed E-state index contributed by atoms with van der Waals surface area (Å²) < 4.78 is 12.4. The van der Waals surface area contributed by atoms with Gasteiger partial charge in [0, 0.05) is 11.5 Å². The van der Waals surface area contributed by atoms with Crippen LogP contribution in [0, 0.1) is 0 Å². The van der Waals surface area contributed by atoms with Crippen molar-refractivity contribution in [1.82, 2.24) is 0 Å². The van der Waals surface area contributed by atoms with Gasteiger partial charge in [0.15, 0.2) is 0 Å². The van der Waals surface area contributed by atoms with Crippen LogP contribution >= 0.6 is 0 Å². The first-order chi connectivity index (χ1) is 8.79. The minimum absolute atomic E-state index is 0.0661. The maximum absolute atomic E-state index is 12.4. The van der Waals surface area contributed by atoms with Crippen molar-refractivity contribution in [3.63, 3.8) is 0 Å². The van der Waals surface area contributed by atoms with E-state index in [1.165, 1.54) is 5.39 Å². The molecule has 1 N–H and O–H groups in total. The van der Waals surface area contributed by atoms with Gasteiger partial charge in [-0.2, -0.15) is 0 Å². The lowest BCUT2D eigenvalue weighted by atomic mass is 10.1. The molecule has 0 spiro atoms. The molecule has 0 saturated carbocycles. The van der Waals surface area contributed by atoms with Crippen LogP contribution in [0.1, 0.15) is 12.0 Å². The second-order valence-corrected chi connectivity index (χ2v) is 6.08. The zero-order valence-corrected chi connectivity index (χ0v) is 10.7. The van der Waals surface area contributed by atoms with Crippen molar-refractivity contribution in [1.29, 1.82) is 0 Å². The second-order valence-electron chi connectivity index (χ2n) is 4.44. The number of hydrogen-bond acceptors (Lipinski definition) is 2. The molecule has 92 valence electrons. The van der Waals surface area contributed by atoms with Gasteiger partial charge in [-0.3, -0.25) is 4.21 Å². The lowest BCUT2D eigenvalue weighted by molar-refractivity contribution is 0.290. The van der Waals surface area contributed by atoms with Crippen LogP contribution in [0.3, 0.4) is 0 Å². The van der Waals surface area contributed by atoms with E-state index in [4.69, 9.17) is 5.11 Å². The molecular weight excluding hydrogens is 244 g/mol. The molecule has 0 fully saturated rings. The van der Waals surface area contributed by atoms with Crippen LogP contribution in [-0.4, -0.2) is 21.2 Å². The normalized spacial score (nSPS) is 22.1. The molecule has 0 amide bonds. The molecule has 1 aliphatic heterocycles. The lowest BCUT2D eigenvalue weighted by Gasteiger charge is -2.19. The summed E-state index contributed by atoms with van der Waals surface area (Å²) in [6, 6.07) is 12.2. The predicted molar refractivity (Wildman–Crippen MR) is 74.9 cm³/mol. The quantitative estimate of drug-likeness (QED) is 0.899. The van der Waals surface area contributed by atoms with E-state index in [2.05, 4.69) is 12.1 Å². The van der Waals surface area contributed by atoms with Gasteiger partial charge >= 0.3 is 0 Å². The number of benzene rings is 2. The van der Waals surface area contributed by atoms with Crippen LogP contribution in [0.5, 0.6) is 0 Å². The smallest absolute Gasteiger partial charge is 0.0606 e. The minimum atomic E-state index is -1.06. The molecule has 0 bridgehead atoms. The van der Waals surface area contributed by atoms with Crippen LogP contribution in [-0.2, 0) is 10.8 Å². The summed E-state index contributed by atoms with van der Waals surface area (Å²) in [7, 11) is -1.06. The Bertz CT molecular complexity index is 646. The van der Waals surface area contributed by atoms with E-state index in [9.17, 15) is 4.21 Å². The first kappa shape index (κ1) is 11.6. The number of fused-ring (bicyclic) bond motifs is 2. The summed E-state index contributed by atoms with van der Waals surface area (Å²) in [6.45, 7) is 0.0731. The van der Waals surface area contributed by atoms with Gasteiger partial charge in [0.2, 0.25) is 0 Å². The Morgan fingerprint density at radius 3 is 2.61 bits per heavy atom. The molecule has 0 aromatic heterocycles. The third-order valence-corrected chi connectivity index (χ3v) is 5.00. The number of aliphatic hydroxyl groups is 1. The summed E-state index contributed by atoms with van der Waals surface area (Å²) in [4.78, 5) is 0.884. The number of rotatable bonds is 2. The van der Waals surface area contributed by atoms with Crippen LogP contribution in [0.4, 0.5) is 0 Å². The summed E-state index contributed by atoms with van der Waals surface area (Å²) in [6.07, 6.45) is 4.52. The highest BCUT2D eigenvalue weighted by Crippen LogP contribution is 2.30. The van der Waals surface area contributed by atoms with Crippen molar-refractivity contribution >= 4 is 27.6 Å². The Morgan fingerprint density at radius 2 is 1.89 bits per heavy atom. The van der Waals surface area contributed by atoms with Gasteiger partial charge in [-0.05, 0) is 34.9 Å². The highest BCUT2D eigenvalue weighted by atomic mass is 32.2. The number of aliphatic hydroxyl groups excluding tert-OH is 1. The molecule has 2 aromatic rings. The maximum atomic E-state index is 12.4. The van der Waals surface area contributed by atoms with Gasteiger partial charge in [-0.25, -0.2) is 0 Å². The van der Waals surface area contributed by atoms with Crippen molar-refractivity contribution in [2.45, 2.75) is 16.6 Å². The first-order valence-corrected chi connectivity index (χ1v) is 7.23. The van der Waals surface area contributed by atoms with E-state index in [1.807, 2.05) is 36.4 Å². The minimum Gasteiger partial charge on any atom is -0.396 e. The van der Waals surface area contributed by atoms with Crippen LogP contribution in [0.15, 0.2) is 47.4 Å². The molecule has 3 heteroatoms. The first-order valence-electron chi connectivity index (χ1n) is 6.02. The van der Waals surface area contributed by atoms with Gasteiger partial charge in [0.1, 0.15) is 0 Å². The van der Waals surface area contributed by atoms with E-state index in [0.717, 1.165) is 15.8 Å². The van der Waals surface area contributed by atoms with E-state index < -0.39 is 10.8 Å². The highest BCUT2D eigenvalue weighted by molar-refractivity contribution is 7.86. The van der Waals surface area contributed by atoms with Gasteiger partial charge in [-0.1, -0.05) is 36.4 Å². The summed E-state index contributed by atoms with van der Waals surface area (Å²) in [5.74, 6) is 0. The SMILES string of the molecule is O=S1c2cc3ccccc3cc2C=CC1CCO. The Hall–Kier alpha value is -1.45. The van der Waals surface area contributed by atoms with Crippen LogP contribution in [0.2, 0.25) is 0 Å².